The molecule has 3 amide bonds. The zero-order valence-electron chi connectivity index (χ0n) is 22.9. The molecule has 11 nitrogen and oxygen atoms in total. The van der Waals surface area contributed by atoms with E-state index in [9.17, 15) is 19.2 Å². The van der Waals surface area contributed by atoms with E-state index in [1.807, 2.05) is 35.2 Å². The average Bonchev–Trinajstić information content (AvgIpc) is 3.71. The summed E-state index contributed by atoms with van der Waals surface area (Å²) < 4.78 is 10.7. The Kier molecular flexibility index (Phi) is 9.97. The molecule has 0 radical (unpaired) electrons. The fourth-order valence-corrected chi connectivity index (χ4v) is 4.50. The molecule has 2 aliphatic heterocycles. The van der Waals surface area contributed by atoms with Gasteiger partial charge >= 0.3 is 0 Å². The minimum absolute atomic E-state index is 0.104. The molecule has 0 aliphatic carbocycles. The first-order valence-corrected chi connectivity index (χ1v) is 13.6. The van der Waals surface area contributed by atoms with Crippen molar-refractivity contribution in [3.63, 3.8) is 0 Å². The number of ketones is 1. The summed E-state index contributed by atoms with van der Waals surface area (Å²) in [7, 11) is 0. The molecule has 4 rings (SSSR count). The number of nitrogens with one attached hydrogen (secondary N) is 3. The fourth-order valence-electron chi connectivity index (χ4n) is 4.50. The number of amides is 3. The number of ether oxygens (including phenoxy) is 2. The van der Waals surface area contributed by atoms with Gasteiger partial charge in [0.05, 0.1) is 32.4 Å². The normalized spacial score (nSPS) is 20.9. The minimum atomic E-state index is -1.03. The molecule has 0 bridgehead atoms. The molecular weight excluding hydrogens is 514 g/mol. The highest BCUT2D eigenvalue weighted by Crippen LogP contribution is 2.29. The van der Waals surface area contributed by atoms with E-state index in [0.717, 1.165) is 5.56 Å². The number of epoxide rings is 1. The van der Waals surface area contributed by atoms with Crippen molar-refractivity contribution in [1.82, 2.24) is 25.8 Å². The summed E-state index contributed by atoms with van der Waals surface area (Å²) in [6, 6.07) is 11.9. The monoisotopic (exact) mass is 551 g/mol. The van der Waals surface area contributed by atoms with E-state index in [2.05, 4.69) is 20.9 Å². The molecule has 3 N–H and O–H groups in total. The number of aromatic nitrogens is 1. The van der Waals surface area contributed by atoms with Crippen molar-refractivity contribution in [2.24, 2.45) is 0 Å². The van der Waals surface area contributed by atoms with Crippen LogP contribution in [0.1, 0.15) is 25.1 Å². The van der Waals surface area contributed by atoms with Crippen molar-refractivity contribution in [2.45, 2.75) is 50.4 Å². The largest absolute Gasteiger partial charge is 0.379 e. The lowest BCUT2D eigenvalue weighted by Crippen LogP contribution is -2.57. The molecule has 0 spiro atoms. The number of pyridine rings is 1. The highest BCUT2D eigenvalue weighted by molar-refractivity contribution is 5.98. The molecule has 2 fully saturated rings. The number of nitrogens with zero attached hydrogens (tertiary/aromatic N) is 2. The third kappa shape index (κ3) is 8.41. The van der Waals surface area contributed by atoms with Crippen molar-refractivity contribution in [2.75, 3.05) is 39.5 Å². The number of Topliss-reactive ketones (excluding diaryl/α,β-unsaturated/α-hetero) is 1. The number of morpholine rings is 1. The molecule has 4 atom stereocenters. The average molecular weight is 552 g/mol. The molecule has 1 aromatic heterocycles. The second-order valence-electron chi connectivity index (χ2n) is 10.4. The highest BCUT2D eigenvalue weighted by atomic mass is 16.6. The molecule has 0 unspecified atom stereocenters. The number of hydrogen-bond donors (Lipinski definition) is 3. The molecule has 2 aliphatic rings. The highest BCUT2D eigenvalue weighted by Gasteiger charge is 2.50. The van der Waals surface area contributed by atoms with Crippen LogP contribution in [0.25, 0.3) is 0 Å². The Morgan fingerprint density at radius 1 is 0.925 bits per heavy atom. The van der Waals surface area contributed by atoms with Gasteiger partial charge < -0.3 is 25.4 Å². The van der Waals surface area contributed by atoms with Crippen molar-refractivity contribution in [1.29, 1.82) is 0 Å². The van der Waals surface area contributed by atoms with Gasteiger partial charge in [-0.1, -0.05) is 36.4 Å². The van der Waals surface area contributed by atoms with Crippen LogP contribution in [-0.4, -0.2) is 96.6 Å². The van der Waals surface area contributed by atoms with Crippen LogP contribution < -0.4 is 16.0 Å². The van der Waals surface area contributed by atoms with Gasteiger partial charge in [-0.15, -0.1) is 0 Å². The maximum Gasteiger partial charge on any atom is 0.243 e. The Bertz CT molecular complexity index is 1170. The van der Waals surface area contributed by atoms with E-state index in [4.69, 9.17) is 9.47 Å². The first-order valence-electron chi connectivity index (χ1n) is 13.6. The van der Waals surface area contributed by atoms with Crippen LogP contribution in [0.15, 0.2) is 54.7 Å². The number of carbonyl (C=O) groups excluding carboxylic acids is 4. The molecule has 2 saturated heterocycles. The number of carbonyl (C=O) groups is 4. The van der Waals surface area contributed by atoms with Gasteiger partial charge in [0, 0.05) is 31.4 Å². The molecule has 214 valence electrons. The van der Waals surface area contributed by atoms with E-state index in [1.54, 1.807) is 38.2 Å². The predicted molar refractivity (Wildman–Crippen MR) is 146 cm³/mol. The number of benzene rings is 1. The molecule has 3 heterocycles. The summed E-state index contributed by atoms with van der Waals surface area (Å²) in [5.74, 6) is -1.56. The molecule has 1 aromatic carbocycles. The van der Waals surface area contributed by atoms with Crippen LogP contribution in [-0.2, 0) is 41.5 Å². The van der Waals surface area contributed by atoms with Gasteiger partial charge in [0.1, 0.15) is 17.7 Å². The lowest BCUT2D eigenvalue weighted by molar-refractivity contribution is -0.134. The quantitative estimate of drug-likeness (QED) is 0.296. The smallest absolute Gasteiger partial charge is 0.243 e. The van der Waals surface area contributed by atoms with E-state index in [0.29, 0.717) is 38.6 Å². The second-order valence-corrected chi connectivity index (χ2v) is 10.4. The first-order chi connectivity index (χ1) is 19.2. The zero-order valence-corrected chi connectivity index (χ0v) is 22.9. The SMILES string of the molecule is C[C@H](NC(=O)CN1CCOCC1)C(=O)N[C@@H](Cc1ccccn1)C(=O)N[C@@H](Cc1ccccc1)C(=O)[C@@]1(C)CO1. The first kappa shape index (κ1) is 29.3. The van der Waals surface area contributed by atoms with Crippen molar-refractivity contribution >= 4 is 23.5 Å². The Morgan fingerprint density at radius 3 is 2.25 bits per heavy atom. The van der Waals surface area contributed by atoms with Gasteiger partial charge in [-0.2, -0.15) is 0 Å². The second kappa shape index (κ2) is 13.6. The van der Waals surface area contributed by atoms with Gasteiger partial charge in [-0.3, -0.25) is 29.1 Å². The van der Waals surface area contributed by atoms with Gasteiger partial charge in [0.15, 0.2) is 5.78 Å². The van der Waals surface area contributed by atoms with Crippen molar-refractivity contribution in [3.8, 4) is 0 Å². The summed E-state index contributed by atoms with van der Waals surface area (Å²) in [6.07, 6.45) is 1.99. The lowest BCUT2D eigenvalue weighted by atomic mass is 9.94. The summed E-state index contributed by atoms with van der Waals surface area (Å²) in [4.78, 5) is 58.7. The van der Waals surface area contributed by atoms with Crippen molar-refractivity contribution < 1.29 is 28.7 Å². The van der Waals surface area contributed by atoms with E-state index < -0.39 is 35.5 Å². The molecular formula is C29H37N5O6. The van der Waals surface area contributed by atoms with Crippen LogP contribution in [0.4, 0.5) is 0 Å². The van der Waals surface area contributed by atoms with Gasteiger partial charge in [0.25, 0.3) is 0 Å². The van der Waals surface area contributed by atoms with Crippen LogP contribution in [0.2, 0.25) is 0 Å². The summed E-state index contributed by atoms with van der Waals surface area (Å²) in [6.45, 7) is 6.13. The predicted octanol–water partition coefficient (Wildman–Crippen LogP) is 0.0313. The topological polar surface area (TPSA) is 142 Å². The zero-order chi connectivity index (χ0) is 28.5. The third-order valence-electron chi connectivity index (χ3n) is 7.03. The maximum absolute atomic E-state index is 13.6. The molecule has 11 heteroatoms. The lowest BCUT2D eigenvalue weighted by Gasteiger charge is -2.27. The van der Waals surface area contributed by atoms with E-state index in [1.165, 1.54) is 0 Å². The standard InChI is InChI=1S/C29H37N5O6/c1-20(31-25(35)18-34-12-14-39-15-13-34)27(37)33-24(17-22-10-6-7-11-30-22)28(38)32-23(26(36)29(2)19-40-29)16-21-8-4-3-5-9-21/h3-11,20,23-24H,12-19H2,1-2H3,(H,31,35)(H,32,38)(H,33,37)/t20-,23-,24-,29+/m0/s1. The van der Waals surface area contributed by atoms with E-state index >= 15 is 0 Å². The summed E-state index contributed by atoms with van der Waals surface area (Å²) in [5.41, 5.74) is 0.536. The van der Waals surface area contributed by atoms with Crippen LogP contribution in [0.5, 0.6) is 0 Å². The minimum Gasteiger partial charge on any atom is -0.379 e. The Balaban J connectivity index is 1.44. The Hall–Kier alpha value is -3.67. The van der Waals surface area contributed by atoms with Gasteiger partial charge in [-0.25, -0.2) is 0 Å². The number of rotatable bonds is 13. The summed E-state index contributed by atoms with van der Waals surface area (Å²) >= 11 is 0. The molecule has 0 saturated carbocycles. The fraction of sp³-hybridized carbons (Fsp3) is 0.483. The Labute approximate surface area is 234 Å². The Morgan fingerprint density at radius 2 is 1.60 bits per heavy atom. The van der Waals surface area contributed by atoms with Gasteiger partial charge in [0.2, 0.25) is 17.7 Å². The third-order valence-corrected chi connectivity index (χ3v) is 7.03. The maximum atomic E-state index is 13.6. The van der Waals surface area contributed by atoms with Crippen LogP contribution in [0.3, 0.4) is 0 Å². The van der Waals surface area contributed by atoms with Crippen LogP contribution in [0, 0.1) is 0 Å². The van der Waals surface area contributed by atoms with E-state index in [-0.39, 0.29) is 31.1 Å². The summed E-state index contributed by atoms with van der Waals surface area (Å²) in [5, 5.41) is 8.31. The van der Waals surface area contributed by atoms with Crippen molar-refractivity contribution in [3.05, 3.63) is 66.0 Å². The number of hydrogen-bond acceptors (Lipinski definition) is 8. The molecule has 40 heavy (non-hydrogen) atoms. The van der Waals surface area contributed by atoms with Crippen LogP contribution >= 0.6 is 0 Å². The van der Waals surface area contributed by atoms with Gasteiger partial charge in [-0.05, 0) is 38.0 Å². The molecule has 2 aromatic rings.